The molecule has 0 spiro atoms. The lowest BCUT2D eigenvalue weighted by Crippen LogP contribution is -2.31. The Morgan fingerprint density at radius 3 is 1.86 bits per heavy atom. The van der Waals surface area contributed by atoms with Gasteiger partial charge in [0, 0.05) is 6.92 Å². The van der Waals surface area contributed by atoms with Gasteiger partial charge < -0.3 is 10.5 Å². The molecule has 0 aliphatic heterocycles. The predicted octanol–water partition coefficient (Wildman–Crippen LogP) is 3.14. The van der Waals surface area contributed by atoms with Gasteiger partial charge in [-0.05, 0) is 43.3 Å². The minimum Gasteiger partial charge on any atom is -0.427 e. The van der Waals surface area contributed by atoms with Crippen LogP contribution in [0.15, 0.2) is 48.5 Å². The molecular formula is C16H16N2O3. The fourth-order valence-electron chi connectivity index (χ4n) is 1.93. The summed E-state index contributed by atoms with van der Waals surface area (Å²) in [7, 11) is 0. The van der Waals surface area contributed by atoms with Gasteiger partial charge in [-0.15, -0.1) is 0 Å². The van der Waals surface area contributed by atoms with Crippen molar-refractivity contribution in [3.8, 4) is 5.75 Å². The van der Waals surface area contributed by atoms with Gasteiger partial charge in [-0.1, -0.05) is 17.7 Å². The second-order valence-electron chi connectivity index (χ2n) is 4.60. The van der Waals surface area contributed by atoms with Crippen LogP contribution in [-0.2, 0) is 4.79 Å². The van der Waals surface area contributed by atoms with Crippen LogP contribution in [-0.4, -0.2) is 12.0 Å². The molecule has 0 saturated carbocycles. The van der Waals surface area contributed by atoms with E-state index in [1.165, 1.54) is 11.8 Å². The van der Waals surface area contributed by atoms with Gasteiger partial charge in [0.2, 0.25) is 0 Å². The molecule has 0 atom stereocenters. The van der Waals surface area contributed by atoms with Gasteiger partial charge in [-0.25, -0.2) is 4.79 Å². The van der Waals surface area contributed by atoms with Crippen LogP contribution < -0.4 is 15.4 Å². The zero-order valence-corrected chi connectivity index (χ0v) is 11.9. The average Bonchev–Trinajstić information content (AvgIpc) is 2.42. The minimum atomic E-state index is -0.584. The Balaban J connectivity index is 2.32. The van der Waals surface area contributed by atoms with Gasteiger partial charge in [-0.3, -0.25) is 9.69 Å². The van der Waals surface area contributed by atoms with Crippen LogP contribution in [0.3, 0.4) is 0 Å². The first-order valence-electron chi connectivity index (χ1n) is 6.42. The lowest BCUT2D eigenvalue weighted by atomic mass is 10.2. The third-order valence-corrected chi connectivity index (χ3v) is 2.87. The highest BCUT2D eigenvalue weighted by Crippen LogP contribution is 2.27. The molecule has 0 radical (unpaired) electrons. The van der Waals surface area contributed by atoms with Gasteiger partial charge in [0.15, 0.2) is 0 Å². The fourth-order valence-corrected chi connectivity index (χ4v) is 1.93. The lowest BCUT2D eigenvalue weighted by molar-refractivity contribution is -0.131. The number of urea groups is 1. The van der Waals surface area contributed by atoms with Crippen molar-refractivity contribution in [1.29, 1.82) is 0 Å². The molecule has 0 fully saturated rings. The summed E-state index contributed by atoms with van der Waals surface area (Å²) < 4.78 is 4.96. The van der Waals surface area contributed by atoms with Crippen molar-refractivity contribution in [1.82, 2.24) is 0 Å². The molecule has 21 heavy (non-hydrogen) atoms. The Labute approximate surface area is 122 Å². The van der Waals surface area contributed by atoms with Gasteiger partial charge in [0.1, 0.15) is 5.75 Å². The number of primary amides is 1. The highest BCUT2D eigenvalue weighted by atomic mass is 16.5. The molecule has 0 bridgehead atoms. The maximum Gasteiger partial charge on any atom is 0.323 e. The number of hydrogen-bond donors (Lipinski definition) is 1. The van der Waals surface area contributed by atoms with E-state index in [0.717, 1.165) is 5.56 Å². The number of carbonyl (C=O) groups excluding carboxylic acids is 2. The van der Waals surface area contributed by atoms with E-state index in [2.05, 4.69) is 0 Å². The summed E-state index contributed by atoms with van der Waals surface area (Å²) in [6.45, 7) is 3.29. The summed E-state index contributed by atoms with van der Waals surface area (Å²) in [6.07, 6.45) is 0. The maximum absolute atomic E-state index is 11.7. The van der Waals surface area contributed by atoms with Gasteiger partial charge >= 0.3 is 12.0 Å². The van der Waals surface area contributed by atoms with E-state index in [1.807, 2.05) is 31.2 Å². The van der Waals surface area contributed by atoms with Crippen LogP contribution in [0.2, 0.25) is 0 Å². The molecule has 5 heteroatoms. The largest absolute Gasteiger partial charge is 0.427 e. The number of carbonyl (C=O) groups is 2. The van der Waals surface area contributed by atoms with Gasteiger partial charge in [-0.2, -0.15) is 0 Å². The first-order valence-corrected chi connectivity index (χ1v) is 6.42. The Morgan fingerprint density at radius 2 is 1.43 bits per heavy atom. The molecule has 0 heterocycles. The monoisotopic (exact) mass is 284 g/mol. The zero-order valence-electron chi connectivity index (χ0n) is 11.9. The van der Waals surface area contributed by atoms with Crippen molar-refractivity contribution in [3.63, 3.8) is 0 Å². The number of amides is 2. The summed E-state index contributed by atoms with van der Waals surface area (Å²) in [6, 6.07) is 13.4. The number of ether oxygens (including phenoxy) is 1. The number of hydrogen-bond acceptors (Lipinski definition) is 3. The van der Waals surface area contributed by atoms with Gasteiger partial charge in [0.25, 0.3) is 0 Å². The quantitative estimate of drug-likeness (QED) is 0.695. The van der Waals surface area contributed by atoms with Crippen LogP contribution in [0.25, 0.3) is 0 Å². The SMILES string of the molecule is CC(=O)Oc1ccc(N(C(N)=O)c2ccc(C)cc2)cc1. The van der Waals surface area contributed by atoms with E-state index in [9.17, 15) is 9.59 Å². The standard InChI is InChI=1S/C16H16N2O3/c1-11-3-5-13(6-4-11)18(16(17)20)14-7-9-15(10-8-14)21-12(2)19/h3-10H,1-2H3,(H2,17,20). The first kappa shape index (κ1) is 14.6. The van der Waals surface area contributed by atoms with Crippen LogP contribution >= 0.6 is 0 Å². The molecule has 0 unspecified atom stereocenters. The van der Waals surface area contributed by atoms with Crippen LogP contribution in [0, 0.1) is 6.92 Å². The Bertz CT molecular complexity index is 648. The van der Waals surface area contributed by atoms with Crippen molar-refractivity contribution >= 4 is 23.4 Å². The maximum atomic E-state index is 11.7. The summed E-state index contributed by atoms with van der Waals surface area (Å²) in [4.78, 5) is 24.0. The number of nitrogens with two attached hydrogens (primary N) is 1. The van der Waals surface area contributed by atoms with Crippen molar-refractivity contribution in [2.24, 2.45) is 5.73 Å². The van der Waals surface area contributed by atoms with E-state index in [-0.39, 0.29) is 0 Å². The van der Waals surface area contributed by atoms with Crippen molar-refractivity contribution in [2.45, 2.75) is 13.8 Å². The molecule has 2 aromatic rings. The van der Waals surface area contributed by atoms with E-state index < -0.39 is 12.0 Å². The van der Waals surface area contributed by atoms with Crippen LogP contribution in [0.4, 0.5) is 16.2 Å². The first-order chi connectivity index (χ1) is 9.97. The summed E-state index contributed by atoms with van der Waals surface area (Å²) in [5.74, 6) is 0.0209. The van der Waals surface area contributed by atoms with E-state index >= 15 is 0 Å². The van der Waals surface area contributed by atoms with Crippen molar-refractivity contribution in [3.05, 3.63) is 54.1 Å². The summed E-state index contributed by atoms with van der Waals surface area (Å²) in [5.41, 5.74) is 7.82. The molecule has 2 rings (SSSR count). The Kier molecular flexibility index (Phi) is 4.23. The minimum absolute atomic E-state index is 0.395. The summed E-state index contributed by atoms with van der Waals surface area (Å²) in [5, 5.41) is 0. The average molecular weight is 284 g/mol. The number of esters is 1. The molecular weight excluding hydrogens is 268 g/mol. The molecule has 5 nitrogen and oxygen atoms in total. The normalized spacial score (nSPS) is 10.0. The van der Waals surface area contributed by atoms with E-state index in [0.29, 0.717) is 17.1 Å². The number of aryl methyl sites for hydroxylation is 1. The fraction of sp³-hybridized carbons (Fsp3) is 0.125. The zero-order chi connectivity index (χ0) is 15.4. The van der Waals surface area contributed by atoms with Crippen LogP contribution in [0.5, 0.6) is 5.75 Å². The van der Waals surface area contributed by atoms with E-state index in [4.69, 9.17) is 10.5 Å². The van der Waals surface area contributed by atoms with Gasteiger partial charge in [0.05, 0.1) is 11.4 Å². The topological polar surface area (TPSA) is 72.6 Å². The summed E-state index contributed by atoms with van der Waals surface area (Å²) >= 11 is 0. The molecule has 0 saturated heterocycles. The Morgan fingerprint density at radius 1 is 0.952 bits per heavy atom. The molecule has 0 aliphatic rings. The Hall–Kier alpha value is -2.82. The second kappa shape index (κ2) is 6.09. The molecule has 2 aromatic carbocycles. The smallest absolute Gasteiger partial charge is 0.323 e. The lowest BCUT2D eigenvalue weighted by Gasteiger charge is -2.21. The third-order valence-electron chi connectivity index (χ3n) is 2.87. The molecule has 2 amide bonds. The predicted molar refractivity (Wildman–Crippen MR) is 80.7 cm³/mol. The molecule has 2 N–H and O–H groups in total. The second-order valence-corrected chi connectivity index (χ2v) is 4.60. The molecule has 108 valence electrons. The third kappa shape index (κ3) is 3.60. The number of benzene rings is 2. The highest BCUT2D eigenvalue weighted by Gasteiger charge is 2.15. The number of anilines is 2. The van der Waals surface area contributed by atoms with Crippen molar-refractivity contribution in [2.75, 3.05) is 4.90 Å². The van der Waals surface area contributed by atoms with Crippen molar-refractivity contribution < 1.29 is 14.3 Å². The number of nitrogens with zero attached hydrogens (tertiary/aromatic N) is 1. The molecule has 0 aromatic heterocycles. The van der Waals surface area contributed by atoms with E-state index in [1.54, 1.807) is 24.3 Å². The highest BCUT2D eigenvalue weighted by molar-refractivity contribution is 5.98. The molecule has 0 aliphatic carbocycles. The van der Waals surface area contributed by atoms with Crippen LogP contribution in [0.1, 0.15) is 12.5 Å². The number of rotatable bonds is 3.